The fourth-order valence-corrected chi connectivity index (χ4v) is 3.17. The van der Waals surface area contributed by atoms with Crippen LogP contribution in [0, 0.1) is 11.7 Å². The number of hydrogen-bond acceptors (Lipinski definition) is 4. The molecule has 1 saturated carbocycles. The first kappa shape index (κ1) is 16.4. The maximum absolute atomic E-state index is 5.08. The van der Waals surface area contributed by atoms with E-state index in [0.717, 1.165) is 11.5 Å². The van der Waals surface area contributed by atoms with Crippen molar-refractivity contribution in [3.05, 3.63) is 10.5 Å². The van der Waals surface area contributed by atoms with Gasteiger partial charge < -0.3 is 5.32 Å². The summed E-state index contributed by atoms with van der Waals surface area (Å²) in [6, 6.07) is 0.509. The molecule has 1 aliphatic carbocycles. The van der Waals surface area contributed by atoms with E-state index in [1.165, 1.54) is 70.6 Å². The van der Waals surface area contributed by atoms with Gasteiger partial charge in [-0.15, -0.1) is 0 Å². The van der Waals surface area contributed by atoms with Crippen LogP contribution in [0.2, 0.25) is 0 Å². The van der Waals surface area contributed by atoms with Gasteiger partial charge in [-0.25, -0.2) is 0 Å². The van der Waals surface area contributed by atoms with Crippen LogP contribution in [0.1, 0.15) is 76.3 Å². The molecule has 0 aromatic carbocycles. The molecule has 21 heavy (non-hydrogen) atoms. The molecule has 1 heterocycles. The van der Waals surface area contributed by atoms with Crippen LogP contribution in [0.25, 0.3) is 0 Å². The predicted octanol–water partition coefficient (Wildman–Crippen LogP) is 4.93. The minimum atomic E-state index is 0.455. The summed E-state index contributed by atoms with van der Waals surface area (Å²) in [5, 5.41) is 10.5. The number of H-pyrrole nitrogens is 1. The van der Waals surface area contributed by atoms with Gasteiger partial charge in [0.1, 0.15) is 0 Å². The van der Waals surface area contributed by atoms with Crippen molar-refractivity contribution in [3.63, 3.8) is 0 Å². The average molecular weight is 308 g/mol. The Labute approximate surface area is 133 Å². The number of aromatic amines is 1. The Balaban J connectivity index is 1.93. The summed E-state index contributed by atoms with van der Waals surface area (Å²) >= 11 is 5.08. The van der Waals surface area contributed by atoms with Gasteiger partial charge in [-0.05, 0) is 32.0 Å². The number of nitrogens with one attached hydrogen (secondary N) is 2. The molecule has 2 N–H and O–H groups in total. The van der Waals surface area contributed by atoms with E-state index in [4.69, 9.17) is 12.2 Å². The Kier molecular flexibility index (Phi) is 7.13. The molecule has 0 bridgehead atoms. The first-order chi connectivity index (χ1) is 10.3. The third kappa shape index (κ3) is 6.12. The van der Waals surface area contributed by atoms with Crippen molar-refractivity contribution in [2.24, 2.45) is 0 Å². The minimum Gasteiger partial charge on any atom is -0.366 e. The molecule has 1 aromatic heterocycles. The second kappa shape index (κ2) is 9.13. The van der Waals surface area contributed by atoms with Gasteiger partial charge in [0.25, 0.3) is 0 Å². The Morgan fingerprint density at radius 1 is 0.952 bits per heavy atom. The molecule has 5 heteroatoms. The van der Waals surface area contributed by atoms with Gasteiger partial charge >= 0.3 is 0 Å². The zero-order chi connectivity index (χ0) is 14.9. The summed E-state index contributed by atoms with van der Waals surface area (Å²) in [6.45, 7) is 1.97. The third-order valence-corrected chi connectivity index (χ3v) is 4.50. The molecule has 2 rings (SSSR count). The van der Waals surface area contributed by atoms with Crippen LogP contribution < -0.4 is 5.32 Å². The summed E-state index contributed by atoms with van der Waals surface area (Å²) in [5.74, 6) is 0.857. The van der Waals surface area contributed by atoms with E-state index in [9.17, 15) is 0 Å². The molecule has 1 aromatic rings. The number of anilines is 1. The second-order valence-corrected chi connectivity index (χ2v) is 6.56. The molecule has 4 nitrogen and oxygen atoms in total. The highest BCUT2D eigenvalue weighted by atomic mass is 32.1. The maximum atomic E-state index is 5.08. The number of nitrogens with zero attached hydrogens (tertiary/aromatic N) is 2. The molecule has 0 saturated heterocycles. The summed E-state index contributed by atoms with van der Waals surface area (Å²) in [5.41, 5.74) is 0.898. The van der Waals surface area contributed by atoms with E-state index in [0.29, 0.717) is 10.8 Å². The summed E-state index contributed by atoms with van der Waals surface area (Å²) in [7, 11) is 0. The van der Waals surface area contributed by atoms with Crippen LogP contribution in [-0.4, -0.2) is 21.2 Å². The summed E-state index contributed by atoms with van der Waals surface area (Å²) in [6.07, 6.45) is 14.8. The Morgan fingerprint density at radius 2 is 1.48 bits per heavy atom. The molecular weight excluding hydrogens is 280 g/mol. The predicted molar refractivity (Wildman–Crippen MR) is 90.2 cm³/mol. The van der Waals surface area contributed by atoms with Gasteiger partial charge in [-0.3, -0.25) is 5.10 Å². The minimum absolute atomic E-state index is 0.455. The lowest BCUT2D eigenvalue weighted by Crippen LogP contribution is -2.21. The van der Waals surface area contributed by atoms with Crippen LogP contribution in [0.3, 0.4) is 0 Å². The van der Waals surface area contributed by atoms with Gasteiger partial charge in [0.2, 0.25) is 4.77 Å². The van der Waals surface area contributed by atoms with Crippen molar-refractivity contribution in [1.29, 1.82) is 0 Å². The van der Waals surface area contributed by atoms with Crippen LogP contribution in [0.15, 0.2) is 0 Å². The Morgan fingerprint density at radius 3 is 2.05 bits per heavy atom. The molecule has 1 aliphatic rings. The average Bonchev–Trinajstić information content (AvgIpc) is 2.45. The smallest absolute Gasteiger partial charge is 0.215 e. The van der Waals surface area contributed by atoms with E-state index in [1.54, 1.807) is 0 Å². The number of hydrogen-bond donors (Lipinski definition) is 2. The second-order valence-electron chi connectivity index (χ2n) is 6.18. The van der Waals surface area contributed by atoms with E-state index < -0.39 is 0 Å². The number of rotatable bonds is 2. The van der Waals surface area contributed by atoms with Gasteiger partial charge in [-0.2, -0.15) is 10.1 Å². The van der Waals surface area contributed by atoms with Crippen LogP contribution in [0.5, 0.6) is 0 Å². The van der Waals surface area contributed by atoms with Gasteiger partial charge in [0.05, 0.1) is 5.69 Å². The van der Waals surface area contributed by atoms with Crippen LogP contribution in [0.4, 0.5) is 5.82 Å². The normalized spacial score (nSPS) is 19.5. The Bertz CT molecular complexity index is 460. The monoisotopic (exact) mass is 308 g/mol. The first-order valence-electron chi connectivity index (χ1n) is 8.45. The molecule has 118 valence electrons. The van der Waals surface area contributed by atoms with Gasteiger partial charge in [0, 0.05) is 6.04 Å². The molecule has 0 aliphatic heterocycles. The fourth-order valence-electron chi connectivity index (χ4n) is 3.03. The number of aryl methyl sites for hydroxylation is 1. The van der Waals surface area contributed by atoms with Gasteiger partial charge in [0.15, 0.2) is 5.82 Å². The van der Waals surface area contributed by atoms with Crippen molar-refractivity contribution >= 4 is 18.0 Å². The SMILES string of the molecule is Cc1n[nH]c(=S)nc1NC1CCCCCCCCCCC1. The topological polar surface area (TPSA) is 53.6 Å². The van der Waals surface area contributed by atoms with Crippen LogP contribution >= 0.6 is 12.2 Å². The fraction of sp³-hybridized carbons (Fsp3) is 0.812. The van der Waals surface area contributed by atoms with E-state index in [2.05, 4.69) is 20.5 Å². The molecule has 0 radical (unpaired) electrons. The largest absolute Gasteiger partial charge is 0.366 e. The Hall–Kier alpha value is -0.970. The molecule has 0 unspecified atom stereocenters. The van der Waals surface area contributed by atoms with Crippen molar-refractivity contribution in [1.82, 2.24) is 15.2 Å². The number of aromatic nitrogens is 3. The summed E-state index contributed by atoms with van der Waals surface area (Å²) in [4.78, 5) is 4.38. The highest BCUT2D eigenvalue weighted by Crippen LogP contribution is 2.20. The van der Waals surface area contributed by atoms with E-state index >= 15 is 0 Å². The molecular formula is C16H28N4S. The van der Waals surface area contributed by atoms with Gasteiger partial charge in [-0.1, -0.05) is 57.8 Å². The zero-order valence-corrected chi connectivity index (χ0v) is 14.0. The highest BCUT2D eigenvalue weighted by Gasteiger charge is 2.12. The first-order valence-corrected chi connectivity index (χ1v) is 8.86. The lowest BCUT2D eigenvalue weighted by atomic mass is 9.98. The van der Waals surface area contributed by atoms with Crippen molar-refractivity contribution in [3.8, 4) is 0 Å². The van der Waals surface area contributed by atoms with Crippen molar-refractivity contribution in [2.75, 3.05) is 5.32 Å². The molecule has 1 fully saturated rings. The van der Waals surface area contributed by atoms with Crippen molar-refractivity contribution < 1.29 is 0 Å². The maximum Gasteiger partial charge on any atom is 0.215 e. The van der Waals surface area contributed by atoms with E-state index in [1.807, 2.05) is 6.92 Å². The third-order valence-electron chi connectivity index (χ3n) is 4.32. The standard InChI is InChI=1S/C16H28N4S/c1-13-15(18-16(21)20-19-13)17-14-11-9-7-5-3-2-4-6-8-10-12-14/h14H,2-12H2,1H3,(H2,17,18,20,21). The highest BCUT2D eigenvalue weighted by molar-refractivity contribution is 7.71. The lowest BCUT2D eigenvalue weighted by Gasteiger charge is -2.20. The summed E-state index contributed by atoms with van der Waals surface area (Å²) < 4.78 is 0.455. The van der Waals surface area contributed by atoms with Crippen LogP contribution in [-0.2, 0) is 0 Å². The quantitative estimate of drug-likeness (QED) is 0.761. The zero-order valence-electron chi connectivity index (χ0n) is 13.2. The molecule has 0 amide bonds. The van der Waals surface area contributed by atoms with E-state index in [-0.39, 0.29) is 0 Å². The molecule has 0 spiro atoms. The lowest BCUT2D eigenvalue weighted by molar-refractivity contribution is 0.479. The molecule has 0 atom stereocenters. The van der Waals surface area contributed by atoms with Crippen molar-refractivity contribution in [2.45, 2.75) is 83.6 Å².